The van der Waals surface area contributed by atoms with E-state index in [1.807, 2.05) is 19.1 Å². The lowest BCUT2D eigenvalue weighted by Crippen LogP contribution is -2.23. The molecule has 130 valence electrons. The number of carbonyl (C=O) groups excluding carboxylic acids is 1. The van der Waals surface area contributed by atoms with Crippen molar-refractivity contribution in [2.45, 2.75) is 20.4 Å². The number of aromatic nitrogens is 2. The highest BCUT2D eigenvalue weighted by Gasteiger charge is 2.17. The molecule has 3 rings (SSSR count). The van der Waals surface area contributed by atoms with E-state index in [0.717, 1.165) is 5.56 Å². The Balaban J connectivity index is 1.83. The molecule has 0 fully saturated rings. The number of benzene rings is 1. The molecule has 2 aromatic heterocycles. The van der Waals surface area contributed by atoms with Crippen LogP contribution in [-0.4, -0.2) is 30.3 Å². The van der Waals surface area contributed by atoms with Crippen molar-refractivity contribution < 1.29 is 18.8 Å². The molecule has 2 heterocycles. The summed E-state index contributed by atoms with van der Waals surface area (Å²) < 4.78 is 15.7. The van der Waals surface area contributed by atoms with Crippen molar-refractivity contribution in [3.63, 3.8) is 0 Å². The molecule has 1 amide bonds. The van der Waals surface area contributed by atoms with Crippen LogP contribution in [-0.2, 0) is 6.54 Å². The molecule has 0 atom stereocenters. The monoisotopic (exact) mass is 341 g/mol. The average Bonchev–Trinajstić information content (AvgIpc) is 2.99. The van der Waals surface area contributed by atoms with Gasteiger partial charge in [0.05, 0.1) is 30.9 Å². The number of pyridine rings is 1. The second kappa shape index (κ2) is 6.80. The normalized spacial score (nSPS) is 10.7. The number of fused-ring (bicyclic) bond motifs is 1. The zero-order chi connectivity index (χ0) is 18.0. The third-order valence-electron chi connectivity index (χ3n) is 3.89. The third-order valence-corrected chi connectivity index (χ3v) is 3.89. The van der Waals surface area contributed by atoms with E-state index in [2.05, 4.69) is 15.5 Å². The van der Waals surface area contributed by atoms with Crippen molar-refractivity contribution in [1.82, 2.24) is 15.5 Å². The van der Waals surface area contributed by atoms with E-state index < -0.39 is 0 Å². The first-order valence-corrected chi connectivity index (χ1v) is 7.76. The molecule has 0 spiro atoms. The highest BCUT2D eigenvalue weighted by atomic mass is 16.5. The largest absolute Gasteiger partial charge is 0.493 e. The van der Waals surface area contributed by atoms with Crippen molar-refractivity contribution in [2.24, 2.45) is 0 Å². The summed E-state index contributed by atoms with van der Waals surface area (Å²) in [5.74, 6) is 1.05. The SMILES string of the molecule is COc1ccc(CNC(=O)c2cc(C)nc3onc(C)c23)cc1OC. The minimum Gasteiger partial charge on any atom is -0.493 e. The van der Waals surface area contributed by atoms with Crippen LogP contribution in [0.4, 0.5) is 0 Å². The van der Waals surface area contributed by atoms with Gasteiger partial charge in [-0.1, -0.05) is 11.2 Å². The van der Waals surface area contributed by atoms with E-state index >= 15 is 0 Å². The van der Waals surface area contributed by atoms with Gasteiger partial charge in [-0.3, -0.25) is 4.79 Å². The van der Waals surface area contributed by atoms with Crippen LogP contribution in [0, 0.1) is 13.8 Å². The highest BCUT2D eigenvalue weighted by Crippen LogP contribution is 2.27. The van der Waals surface area contributed by atoms with Gasteiger partial charge in [-0.2, -0.15) is 0 Å². The lowest BCUT2D eigenvalue weighted by Gasteiger charge is -2.11. The van der Waals surface area contributed by atoms with Crippen LogP contribution in [0.5, 0.6) is 11.5 Å². The molecule has 0 aliphatic carbocycles. The van der Waals surface area contributed by atoms with Crippen molar-refractivity contribution in [2.75, 3.05) is 14.2 Å². The fourth-order valence-electron chi connectivity index (χ4n) is 2.66. The zero-order valence-electron chi connectivity index (χ0n) is 14.5. The van der Waals surface area contributed by atoms with Crippen molar-refractivity contribution in [1.29, 1.82) is 0 Å². The van der Waals surface area contributed by atoms with Gasteiger partial charge < -0.3 is 19.3 Å². The summed E-state index contributed by atoms with van der Waals surface area (Å²) in [6, 6.07) is 7.24. The Morgan fingerprint density at radius 1 is 1.16 bits per heavy atom. The first kappa shape index (κ1) is 16.8. The van der Waals surface area contributed by atoms with E-state index in [1.165, 1.54) is 0 Å². The number of nitrogens with zero attached hydrogens (tertiary/aromatic N) is 2. The van der Waals surface area contributed by atoms with Crippen molar-refractivity contribution in [3.8, 4) is 11.5 Å². The molecule has 0 saturated carbocycles. The smallest absolute Gasteiger partial charge is 0.258 e. The van der Waals surface area contributed by atoms with Crippen LogP contribution in [0.1, 0.15) is 27.3 Å². The molecule has 7 heteroatoms. The maximum Gasteiger partial charge on any atom is 0.258 e. The van der Waals surface area contributed by atoms with E-state index in [9.17, 15) is 4.79 Å². The molecule has 1 aromatic carbocycles. The average molecular weight is 341 g/mol. The first-order chi connectivity index (χ1) is 12.0. The topological polar surface area (TPSA) is 86.5 Å². The van der Waals surface area contributed by atoms with Crippen LogP contribution in [0.15, 0.2) is 28.8 Å². The highest BCUT2D eigenvalue weighted by molar-refractivity contribution is 6.06. The van der Waals surface area contributed by atoms with E-state index in [4.69, 9.17) is 14.0 Å². The third kappa shape index (κ3) is 3.26. The molecule has 7 nitrogen and oxygen atoms in total. The van der Waals surface area contributed by atoms with Crippen molar-refractivity contribution in [3.05, 3.63) is 46.8 Å². The predicted octanol–water partition coefficient (Wildman–Crippen LogP) is 2.79. The second-order valence-electron chi connectivity index (χ2n) is 5.63. The molecule has 0 unspecified atom stereocenters. The summed E-state index contributed by atoms with van der Waals surface area (Å²) in [5, 5.41) is 7.43. The van der Waals surface area contributed by atoms with Gasteiger partial charge in [0.25, 0.3) is 11.6 Å². The number of hydrogen-bond donors (Lipinski definition) is 1. The lowest BCUT2D eigenvalue weighted by molar-refractivity contribution is 0.0952. The number of rotatable bonds is 5. The number of nitrogens with one attached hydrogen (secondary N) is 1. The summed E-state index contributed by atoms with van der Waals surface area (Å²) in [6.45, 7) is 3.95. The minimum absolute atomic E-state index is 0.211. The van der Waals surface area contributed by atoms with E-state index in [-0.39, 0.29) is 5.91 Å². The van der Waals surface area contributed by atoms with Crippen LogP contribution in [0.2, 0.25) is 0 Å². The molecule has 0 radical (unpaired) electrons. The summed E-state index contributed by atoms with van der Waals surface area (Å²) in [7, 11) is 3.16. The van der Waals surface area contributed by atoms with Gasteiger partial charge in [0.15, 0.2) is 11.5 Å². The molecule has 0 saturated heterocycles. The number of ether oxygens (including phenoxy) is 2. The molecule has 25 heavy (non-hydrogen) atoms. The summed E-state index contributed by atoms with van der Waals surface area (Å²) in [6.07, 6.45) is 0. The Kier molecular flexibility index (Phi) is 4.56. The number of aryl methyl sites for hydroxylation is 2. The Morgan fingerprint density at radius 3 is 2.64 bits per heavy atom. The summed E-state index contributed by atoms with van der Waals surface area (Å²) in [5.41, 5.74) is 3.10. The Bertz CT molecular complexity index is 933. The number of amides is 1. The van der Waals surface area contributed by atoms with Gasteiger partial charge >= 0.3 is 0 Å². The lowest BCUT2D eigenvalue weighted by atomic mass is 10.1. The molecule has 1 N–H and O–H groups in total. The maximum atomic E-state index is 12.6. The molecular formula is C18H19N3O4. The van der Waals surface area contributed by atoms with Gasteiger partial charge in [0.2, 0.25) is 0 Å². The molecule has 0 aliphatic rings. The van der Waals surface area contributed by atoms with E-state index in [1.54, 1.807) is 33.3 Å². The van der Waals surface area contributed by atoms with Crippen LogP contribution >= 0.6 is 0 Å². The Hall–Kier alpha value is -3.09. The quantitative estimate of drug-likeness (QED) is 0.768. The molecular weight excluding hydrogens is 322 g/mol. The zero-order valence-corrected chi connectivity index (χ0v) is 14.5. The maximum absolute atomic E-state index is 12.6. The standard InChI is InChI=1S/C18H19N3O4/c1-10-7-13(16-11(2)21-25-18(16)20-10)17(22)19-9-12-5-6-14(23-3)15(8-12)24-4/h5-8H,9H2,1-4H3,(H,19,22). The number of hydrogen-bond acceptors (Lipinski definition) is 6. The first-order valence-electron chi connectivity index (χ1n) is 7.76. The minimum atomic E-state index is -0.211. The van der Waals surface area contributed by atoms with Gasteiger partial charge in [-0.25, -0.2) is 4.98 Å². The Labute approximate surface area is 144 Å². The number of methoxy groups -OCH3 is 2. The molecule has 0 bridgehead atoms. The van der Waals surface area contributed by atoms with Gasteiger partial charge in [0, 0.05) is 12.2 Å². The summed E-state index contributed by atoms with van der Waals surface area (Å²) >= 11 is 0. The number of carbonyl (C=O) groups is 1. The van der Waals surface area contributed by atoms with Crippen molar-refractivity contribution >= 4 is 17.0 Å². The predicted molar refractivity (Wildman–Crippen MR) is 92.0 cm³/mol. The van der Waals surface area contributed by atoms with Gasteiger partial charge in [-0.15, -0.1) is 0 Å². The van der Waals surface area contributed by atoms with Crippen LogP contribution < -0.4 is 14.8 Å². The fourth-order valence-corrected chi connectivity index (χ4v) is 2.66. The second-order valence-corrected chi connectivity index (χ2v) is 5.63. The summed E-state index contributed by atoms with van der Waals surface area (Å²) in [4.78, 5) is 16.9. The van der Waals surface area contributed by atoms with Crippen LogP contribution in [0.3, 0.4) is 0 Å². The van der Waals surface area contributed by atoms with Crippen LogP contribution in [0.25, 0.3) is 11.1 Å². The fraction of sp³-hybridized carbons (Fsp3) is 0.278. The van der Waals surface area contributed by atoms with E-state index in [0.29, 0.717) is 46.1 Å². The molecule has 0 aliphatic heterocycles. The molecule has 3 aromatic rings. The Morgan fingerprint density at radius 2 is 1.92 bits per heavy atom. The van der Waals surface area contributed by atoms with Gasteiger partial charge in [0.1, 0.15) is 0 Å². The van der Waals surface area contributed by atoms with Gasteiger partial charge in [-0.05, 0) is 37.6 Å².